The van der Waals surface area contributed by atoms with Gasteiger partial charge in [-0.3, -0.25) is 24.6 Å². The van der Waals surface area contributed by atoms with E-state index in [4.69, 9.17) is 14.2 Å². The largest absolute Gasteiger partial charge is 0.509 e. The van der Waals surface area contributed by atoms with Crippen molar-refractivity contribution in [1.29, 1.82) is 0 Å². The molecule has 14 heteroatoms. The number of esters is 1. The van der Waals surface area contributed by atoms with Crippen molar-refractivity contribution in [2.75, 3.05) is 0 Å². The Morgan fingerprint density at radius 3 is 2.38 bits per heavy atom. The number of nitro groups is 1. The van der Waals surface area contributed by atoms with E-state index in [2.05, 4.69) is 4.79 Å². The van der Waals surface area contributed by atoms with E-state index in [0.717, 1.165) is 22.2 Å². The normalized spacial score (nSPS) is 18.7. The Morgan fingerprint density at radius 1 is 1.13 bits per heavy atom. The maximum atomic E-state index is 13.1. The first-order valence-electron chi connectivity index (χ1n) is 11.4. The molecule has 1 unspecified atom stereocenters. The molecule has 1 saturated heterocycles. The van der Waals surface area contributed by atoms with E-state index in [1.807, 2.05) is 0 Å². The molecule has 1 fully saturated rings. The fourth-order valence-electron chi connectivity index (χ4n) is 3.97. The lowest BCUT2D eigenvalue weighted by molar-refractivity contribution is -0.384. The lowest BCUT2D eigenvalue weighted by atomic mass is 9.90. The number of ether oxygens (including phenoxy) is 3. The first kappa shape index (κ1) is 27.2. The van der Waals surface area contributed by atoms with Crippen LogP contribution in [0.1, 0.15) is 18.1 Å². The molecule has 2 aromatic carbocycles. The molecule has 200 valence electrons. The molecule has 0 spiro atoms. The van der Waals surface area contributed by atoms with E-state index in [0.29, 0.717) is 5.56 Å². The standard InChI is InChI=1S/C25H20N4O9S/c1-14-20(24(32)36-12-15-5-3-2-4-6-15)28-22(31)19(23(28)39-21(14)27-26)18(11-30)38-25(33)37-13-16-7-9-17(10-8-16)29(34)35/h2-11,18-19,23H,12-13H2,1H3/t18?,19-,23-/m0/s1. The molecular weight excluding hydrogens is 532 g/mol. The van der Waals surface area contributed by atoms with E-state index in [1.165, 1.54) is 31.2 Å². The molecule has 0 radical (unpaired) electrons. The van der Waals surface area contributed by atoms with Crippen LogP contribution < -0.4 is 0 Å². The number of β-lactam (4-membered cyclic amide) rings is 1. The average Bonchev–Trinajstić information content (AvgIpc) is 2.95. The molecule has 2 aromatic rings. The van der Waals surface area contributed by atoms with E-state index in [1.54, 1.807) is 30.3 Å². The molecule has 3 atom stereocenters. The molecule has 1 amide bonds. The molecule has 39 heavy (non-hydrogen) atoms. The second kappa shape index (κ2) is 11.7. The molecule has 0 aromatic heterocycles. The number of nitro benzene ring substituents is 1. The van der Waals surface area contributed by atoms with Gasteiger partial charge in [0.15, 0.2) is 12.4 Å². The maximum absolute atomic E-state index is 13.1. The molecule has 2 aliphatic rings. The monoisotopic (exact) mass is 552 g/mol. The Hall–Kier alpha value is -4.81. The lowest BCUT2D eigenvalue weighted by Gasteiger charge is -2.48. The molecule has 0 saturated carbocycles. The average molecular weight is 553 g/mol. The number of amides is 1. The van der Waals surface area contributed by atoms with Crippen LogP contribution in [0.3, 0.4) is 0 Å². The van der Waals surface area contributed by atoms with Gasteiger partial charge >= 0.3 is 17.2 Å². The molecule has 4 rings (SSSR count). The van der Waals surface area contributed by atoms with Crippen LogP contribution in [0.4, 0.5) is 10.5 Å². The fraction of sp³-hybridized carbons (Fsp3) is 0.240. The van der Waals surface area contributed by atoms with Crippen LogP contribution in [0.2, 0.25) is 0 Å². The van der Waals surface area contributed by atoms with Crippen molar-refractivity contribution in [2.45, 2.75) is 31.6 Å². The topological polar surface area (TPSA) is 179 Å². The van der Waals surface area contributed by atoms with Gasteiger partial charge in [0.1, 0.15) is 30.2 Å². The molecule has 2 heterocycles. The number of carbonyl (C=O) groups excluding carboxylic acids is 4. The third-order valence-electron chi connectivity index (χ3n) is 5.95. The Labute approximate surface area is 225 Å². The van der Waals surface area contributed by atoms with Crippen LogP contribution in [0.25, 0.3) is 5.53 Å². The number of carbonyl (C=O) groups is 4. The highest BCUT2D eigenvalue weighted by molar-refractivity contribution is 8.14. The summed E-state index contributed by atoms with van der Waals surface area (Å²) >= 11 is 0.915. The third kappa shape index (κ3) is 5.71. The SMILES string of the molecule is CC1=C(C(=O)OCc2ccccc2)N2C(=O)[C@H](C(C=O)OC(=O)OCc3ccc([N+](=O)[O-])cc3)[C@@H]2SC1=[N+]=[N-]. The predicted octanol–water partition coefficient (Wildman–Crippen LogP) is 2.99. The van der Waals surface area contributed by atoms with Crippen LogP contribution in [0.15, 0.2) is 65.9 Å². The molecule has 13 nitrogen and oxygen atoms in total. The second-order valence-electron chi connectivity index (χ2n) is 8.36. The van der Waals surface area contributed by atoms with E-state index in [9.17, 15) is 34.8 Å². The first-order chi connectivity index (χ1) is 18.7. The molecular formula is C25H20N4O9S. The summed E-state index contributed by atoms with van der Waals surface area (Å²) in [5, 5.41) is 9.88. The van der Waals surface area contributed by atoms with Crippen LogP contribution in [-0.2, 0) is 41.8 Å². The van der Waals surface area contributed by atoms with Crippen molar-refractivity contribution in [3.63, 3.8) is 0 Å². The smallest absolute Gasteiger partial charge is 0.456 e. The Kier molecular flexibility index (Phi) is 8.18. The van der Waals surface area contributed by atoms with Crippen LogP contribution in [0.5, 0.6) is 0 Å². The van der Waals surface area contributed by atoms with Crippen molar-refractivity contribution in [3.8, 4) is 0 Å². The maximum Gasteiger partial charge on any atom is 0.509 e. The number of hydrogen-bond donors (Lipinski definition) is 0. The highest BCUT2D eigenvalue weighted by atomic mass is 32.2. The van der Waals surface area contributed by atoms with Gasteiger partial charge < -0.3 is 19.7 Å². The summed E-state index contributed by atoms with van der Waals surface area (Å²) in [5.74, 6) is -2.70. The minimum absolute atomic E-state index is 0.0332. The van der Waals surface area contributed by atoms with Gasteiger partial charge in [-0.1, -0.05) is 30.3 Å². The summed E-state index contributed by atoms with van der Waals surface area (Å²) < 4.78 is 15.4. The van der Waals surface area contributed by atoms with Gasteiger partial charge in [-0.25, -0.2) is 9.59 Å². The number of hydrogen-bond acceptors (Lipinski definition) is 10. The van der Waals surface area contributed by atoms with Gasteiger partial charge in [-0.2, -0.15) is 4.79 Å². The van der Waals surface area contributed by atoms with Crippen molar-refractivity contribution in [2.24, 2.45) is 5.92 Å². The first-order valence-corrected chi connectivity index (χ1v) is 12.3. The van der Waals surface area contributed by atoms with Crippen molar-refractivity contribution < 1.29 is 43.1 Å². The van der Waals surface area contributed by atoms with Gasteiger partial charge in [0.2, 0.25) is 5.91 Å². The molecule has 2 aliphatic heterocycles. The number of aldehydes is 1. The van der Waals surface area contributed by atoms with Crippen LogP contribution in [-0.4, -0.2) is 55.5 Å². The van der Waals surface area contributed by atoms with Gasteiger partial charge in [0, 0.05) is 12.1 Å². The van der Waals surface area contributed by atoms with Gasteiger partial charge in [-0.15, -0.1) is 0 Å². The zero-order valence-corrected chi connectivity index (χ0v) is 21.1. The number of rotatable bonds is 9. The zero-order valence-electron chi connectivity index (χ0n) is 20.3. The van der Waals surface area contributed by atoms with Crippen molar-refractivity contribution >= 4 is 46.8 Å². The second-order valence-corrected chi connectivity index (χ2v) is 9.47. The predicted molar refractivity (Wildman–Crippen MR) is 133 cm³/mol. The Bertz CT molecular complexity index is 1400. The third-order valence-corrected chi connectivity index (χ3v) is 7.31. The van der Waals surface area contributed by atoms with E-state index < -0.39 is 40.4 Å². The van der Waals surface area contributed by atoms with Crippen LogP contribution in [0, 0.1) is 16.0 Å². The number of nitrogens with zero attached hydrogens (tertiary/aromatic N) is 4. The Morgan fingerprint density at radius 2 is 1.77 bits per heavy atom. The number of benzene rings is 2. The number of non-ortho nitro benzene ring substituents is 1. The zero-order chi connectivity index (χ0) is 28.1. The summed E-state index contributed by atoms with van der Waals surface area (Å²) in [7, 11) is 0. The summed E-state index contributed by atoms with van der Waals surface area (Å²) in [6.07, 6.45) is -2.54. The fourth-order valence-corrected chi connectivity index (χ4v) is 5.25. The van der Waals surface area contributed by atoms with E-state index in [-0.39, 0.29) is 41.5 Å². The summed E-state index contributed by atoms with van der Waals surface area (Å²) in [4.78, 5) is 64.6. The quantitative estimate of drug-likeness (QED) is 0.0854. The minimum atomic E-state index is -1.56. The molecule has 0 bridgehead atoms. The molecule has 0 N–H and O–H groups in total. The minimum Gasteiger partial charge on any atom is -0.456 e. The highest BCUT2D eigenvalue weighted by Gasteiger charge is 2.60. The van der Waals surface area contributed by atoms with Gasteiger partial charge in [0.05, 0.1) is 10.5 Å². The van der Waals surface area contributed by atoms with Crippen LogP contribution >= 0.6 is 11.8 Å². The number of fused-ring (bicyclic) bond motifs is 1. The van der Waals surface area contributed by atoms with E-state index >= 15 is 0 Å². The molecule has 0 aliphatic carbocycles. The van der Waals surface area contributed by atoms with Gasteiger partial charge in [-0.05, 0) is 41.9 Å². The van der Waals surface area contributed by atoms with Crippen molar-refractivity contribution in [1.82, 2.24) is 4.90 Å². The summed E-state index contributed by atoms with van der Waals surface area (Å²) in [6, 6.07) is 14.1. The lowest BCUT2D eigenvalue weighted by Crippen LogP contribution is -2.66. The number of thioether (sulfide) groups is 1. The van der Waals surface area contributed by atoms with Crippen molar-refractivity contribution in [3.05, 3.63) is 92.6 Å². The highest BCUT2D eigenvalue weighted by Crippen LogP contribution is 2.46. The van der Waals surface area contributed by atoms with Gasteiger partial charge in [0.25, 0.3) is 5.69 Å². The Balaban J connectivity index is 1.43. The summed E-state index contributed by atoms with van der Waals surface area (Å²) in [6.45, 7) is 1.12. The summed E-state index contributed by atoms with van der Waals surface area (Å²) in [5.41, 5.74) is 10.5.